The molecule has 1 saturated heterocycles. The van der Waals surface area contributed by atoms with Crippen LogP contribution in [0.25, 0.3) is 0 Å². The lowest BCUT2D eigenvalue weighted by Crippen LogP contribution is -2.49. The van der Waals surface area contributed by atoms with Crippen molar-refractivity contribution in [3.63, 3.8) is 0 Å². The van der Waals surface area contributed by atoms with Gasteiger partial charge in [-0.3, -0.25) is 0 Å². The van der Waals surface area contributed by atoms with Gasteiger partial charge in [0.05, 0.1) is 12.7 Å². The summed E-state index contributed by atoms with van der Waals surface area (Å²) in [6, 6.07) is 3.94. The molecule has 0 saturated carbocycles. The van der Waals surface area contributed by atoms with Gasteiger partial charge in [-0.05, 0) is 17.7 Å². The average Bonchev–Trinajstić information content (AvgIpc) is 2.41. The molecule has 0 aromatic heterocycles. The smallest absolute Gasteiger partial charge is 0.408 e. The highest BCUT2D eigenvalue weighted by molar-refractivity contribution is 5.89. The van der Waals surface area contributed by atoms with Crippen molar-refractivity contribution in [3.05, 3.63) is 35.4 Å². The van der Waals surface area contributed by atoms with E-state index in [0.717, 1.165) is 0 Å². The Hall–Kier alpha value is -2.18. The Bertz CT molecular complexity index is 501. The highest BCUT2D eigenvalue weighted by Gasteiger charge is 2.46. The van der Waals surface area contributed by atoms with Crippen LogP contribution in [0.5, 0.6) is 0 Å². The number of alkyl carbamates (subject to hydrolysis) is 1. The Morgan fingerprint density at radius 2 is 2.05 bits per heavy atom. The van der Waals surface area contributed by atoms with Crippen LogP contribution in [0.3, 0.4) is 0 Å². The lowest BCUT2D eigenvalue weighted by molar-refractivity contribution is -0.104. The van der Waals surface area contributed by atoms with Gasteiger partial charge < -0.3 is 14.8 Å². The number of carbonyl (C=O) groups is 2. The number of alkyl halides is 2. The molecule has 0 bridgehead atoms. The number of halogens is 2. The van der Waals surface area contributed by atoms with Gasteiger partial charge in [0.25, 0.3) is 0 Å². The molecule has 1 heterocycles. The molecule has 1 atom stereocenters. The van der Waals surface area contributed by atoms with Gasteiger partial charge in [-0.15, -0.1) is 0 Å². The number of esters is 1. The third kappa shape index (κ3) is 2.64. The van der Waals surface area contributed by atoms with Crippen LogP contribution in [-0.4, -0.2) is 31.7 Å². The predicted molar refractivity (Wildman–Crippen MR) is 60.0 cm³/mol. The third-order valence-electron chi connectivity index (χ3n) is 2.75. The fraction of sp³-hybridized carbons (Fsp3) is 0.333. The fourth-order valence-electron chi connectivity index (χ4n) is 1.77. The van der Waals surface area contributed by atoms with Gasteiger partial charge in [-0.25, -0.2) is 18.4 Å². The number of hydrogen-bond donors (Lipinski definition) is 1. The predicted octanol–water partition coefficient (Wildman–Crippen LogP) is 1.89. The molecule has 0 radical (unpaired) electrons. The molecule has 1 amide bonds. The van der Waals surface area contributed by atoms with E-state index in [1.165, 1.54) is 31.4 Å². The van der Waals surface area contributed by atoms with Crippen molar-refractivity contribution in [2.24, 2.45) is 0 Å². The molecule has 1 aromatic carbocycles. The summed E-state index contributed by atoms with van der Waals surface area (Å²) in [5.41, 5.74) is 0.433. The average molecular weight is 271 g/mol. The second kappa shape index (κ2) is 4.83. The first-order chi connectivity index (χ1) is 8.94. The van der Waals surface area contributed by atoms with Gasteiger partial charge in [0.2, 0.25) is 0 Å². The van der Waals surface area contributed by atoms with Gasteiger partial charge in [0.15, 0.2) is 6.61 Å². The molecule has 1 aliphatic heterocycles. The van der Waals surface area contributed by atoms with E-state index >= 15 is 0 Å². The van der Waals surface area contributed by atoms with E-state index in [1.807, 2.05) is 0 Å². The second-order valence-corrected chi connectivity index (χ2v) is 4.03. The Labute approximate surface area is 107 Å². The number of nitrogens with one attached hydrogen (secondary N) is 1. The zero-order chi connectivity index (χ0) is 14.0. The minimum absolute atomic E-state index is 0.189. The highest BCUT2D eigenvalue weighted by atomic mass is 19.3. The van der Waals surface area contributed by atoms with Crippen molar-refractivity contribution in [2.45, 2.75) is 12.0 Å². The van der Waals surface area contributed by atoms with E-state index in [2.05, 4.69) is 14.8 Å². The molecule has 1 aromatic rings. The van der Waals surface area contributed by atoms with E-state index in [0.29, 0.717) is 0 Å². The summed E-state index contributed by atoms with van der Waals surface area (Å²) in [4.78, 5) is 22.2. The van der Waals surface area contributed by atoms with Crippen molar-refractivity contribution in [1.82, 2.24) is 5.32 Å². The first-order valence-electron chi connectivity index (χ1n) is 5.43. The Kier molecular flexibility index (Phi) is 3.37. The van der Waals surface area contributed by atoms with E-state index in [1.54, 1.807) is 0 Å². The number of methoxy groups -OCH3 is 1. The fourth-order valence-corrected chi connectivity index (χ4v) is 1.77. The van der Waals surface area contributed by atoms with Crippen molar-refractivity contribution in [1.29, 1.82) is 0 Å². The zero-order valence-electron chi connectivity index (χ0n) is 9.98. The molecular formula is C12H11F2NO4. The maximum atomic E-state index is 13.6. The van der Waals surface area contributed by atoms with Gasteiger partial charge in [-0.2, -0.15) is 0 Å². The molecule has 102 valence electrons. The first kappa shape index (κ1) is 13.3. The van der Waals surface area contributed by atoms with Crippen LogP contribution < -0.4 is 5.32 Å². The van der Waals surface area contributed by atoms with E-state index < -0.39 is 30.6 Å². The van der Waals surface area contributed by atoms with Crippen molar-refractivity contribution >= 4 is 12.1 Å². The standard InChI is InChI=1S/C12H11F2NO4/c1-18-10(16)8-4-2-7(3-5-8)9-12(13,14)6-19-11(17)15-9/h2-5,9H,6H2,1H3,(H,15,17)/t9-/m0/s1. The molecule has 0 spiro atoms. The van der Waals surface area contributed by atoms with Crippen molar-refractivity contribution < 1.29 is 27.8 Å². The number of cyclic esters (lactones) is 1. The van der Waals surface area contributed by atoms with Crippen LogP contribution >= 0.6 is 0 Å². The second-order valence-electron chi connectivity index (χ2n) is 4.03. The minimum atomic E-state index is -3.21. The van der Waals surface area contributed by atoms with E-state index in [4.69, 9.17) is 0 Å². The minimum Gasteiger partial charge on any atom is -0.465 e. The van der Waals surface area contributed by atoms with Crippen LogP contribution in [0, 0.1) is 0 Å². The molecule has 0 unspecified atom stereocenters. The summed E-state index contributed by atoms with van der Waals surface area (Å²) >= 11 is 0. The van der Waals surface area contributed by atoms with E-state index in [9.17, 15) is 18.4 Å². The topological polar surface area (TPSA) is 64.6 Å². The van der Waals surface area contributed by atoms with Crippen LogP contribution in [0.15, 0.2) is 24.3 Å². The summed E-state index contributed by atoms with van der Waals surface area (Å²) in [6.45, 7) is -0.970. The Morgan fingerprint density at radius 1 is 1.42 bits per heavy atom. The highest BCUT2D eigenvalue weighted by Crippen LogP contribution is 2.34. The molecule has 0 aliphatic carbocycles. The van der Waals surface area contributed by atoms with Gasteiger partial charge >= 0.3 is 18.0 Å². The monoisotopic (exact) mass is 271 g/mol. The summed E-state index contributed by atoms with van der Waals surface area (Å²) in [5, 5.41) is 2.06. The van der Waals surface area contributed by atoms with Crippen molar-refractivity contribution in [3.8, 4) is 0 Å². The number of carbonyl (C=O) groups excluding carboxylic acids is 2. The molecule has 7 heteroatoms. The molecule has 2 rings (SSSR count). The number of benzene rings is 1. The lowest BCUT2D eigenvalue weighted by Gasteiger charge is -2.31. The maximum Gasteiger partial charge on any atom is 0.408 e. The maximum absolute atomic E-state index is 13.6. The summed E-state index contributed by atoms with van der Waals surface area (Å²) in [5.74, 6) is -3.77. The number of rotatable bonds is 2. The van der Waals surface area contributed by atoms with Crippen molar-refractivity contribution in [2.75, 3.05) is 13.7 Å². The van der Waals surface area contributed by atoms with Crippen LogP contribution in [0.1, 0.15) is 22.0 Å². The van der Waals surface area contributed by atoms with Crippen LogP contribution in [-0.2, 0) is 9.47 Å². The Morgan fingerprint density at radius 3 is 2.63 bits per heavy atom. The molecular weight excluding hydrogens is 260 g/mol. The SMILES string of the molecule is COC(=O)c1ccc([C@@H]2NC(=O)OCC2(F)F)cc1. The molecule has 19 heavy (non-hydrogen) atoms. The molecule has 5 nitrogen and oxygen atoms in total. The van der Waals surface area contributed by atoms with Crippen LogP contribution in [0.4, 0.5) is 13.6 Å². The normalized spacial score (nSPS) is 21.2. The molecule has 1 aliphatic rings. The third-order valence-corrected chi connectivity index (χ3v) is 2.75. The summed E-state index contributed by atoms with van der Waals surface area (Å²) < 4.78 is 36.0. The molecule has 1 fully saturated rings. The largest absolute Gasteiger partial charge is 0.465 e. The van der Waals surface area contributed by atoms with Gasteiger partial charge in [0, 0.05) is 0 Å². The quantitative estimate of drug-likeness (QED) is 0.834. The lowest BCUT2D eigenvalue weighted by atomic mass is 9.99. The number of ether oxygens (including phenoxy) is 2. The molecule has 1 N–H and O–H groups in total. The van der Waals surface area contributed by atoms with Gasteiger partial charge in [-0.1, -0.05) is 12.1 Å². The number of amides is 1. The first-order valence-corrected chi connectivity index (χ1v) is 5.43. The Balaban J connectivity index is 2.25. The number of hydrogen-bond acceptors (Lipinski definition) is 4. The summed E-state index contributed by atoms with van der Waals surface area (Å²) in [6.07, 6.45) is -0.895. The van der Waals surface area contributed by atoms with E-state index in [-0.39, 0.29) is 11.1 Å². The van der Waals surface area contributed by atoms with Gasteiger partial charge in [0.1, 0.15) is 6.04 Å². The summed E-state index contributed by atoms with van der Waals surface area (Å²) in [7, 11) is 1.23. The van der Waals surface area contributed by atoms with Crippen LogP contribution in [0.2, 0.25) is 0 Å². The zero-order valence-corrected chi connectivity index (χ0v) is 9.98.